The summed E-state index contributed by atoms with van der Waals surface area (Å²) in [7, 11) is 0. The Morgan fingerprint density at radius 2 is 2.24 bits per heavy atom. The Balaban J connectivity index is 2.20. The molecule has 0 saturated heterocycles. The fourth-order valence-electron chi connectivity index (χ4n) is 2.39. The van der Waals surface area contributed by atoms with Gasteiger partial charge in [0.2, 0.25) is 5.60 Å². The highest BCUT2D eigenvalue weighted by molar-refractivity contribution is 6.02. The Morgan fingerprint density at radius 3 is 2.94 bits per heavy atom. The second kappa shape index (κ2) is 3.23. The van der Waals surface area contributed by atoms with Crippen LogP contribution in [0, 0.1) is 5.92 Å². The number of rotatable bonds is 0. The summed E-state index contributed by atoms with van der Waals surface area (Å²) in [5.74, 6) is 0.178. The lowest BCUT2D eigenvalue weighted by Crippen LogP contribution is -2.47. The van der Waals surface area contributed by atoms with Crippen molar-refractivity contribution in [2.75, 3.05) is 6.61 Å². The first-order valence-electron chi connectivity index (χ1n) is 5.44. The normalized spacial score (nSPS) is 30.5. The molecule has 2 aliphatic heterocycles. The SMILES string of the molecule is CC1COc2ccccc2C12OC(N)=NC2=O. The van der Waals surface area contributed by atoms with Gasteiger partial charge in [0.15, 0.2) is 0 Å². The number of benzene rings is 1. The molecule has 0 radical (unpaired) electrons. The number of amidine groups is 1. The van der Waals surface area contributed by atoms with Crippen LogP contribution in [0.3, 0.4) is 0 Å². The largest absolute Gasteiger partial charge is 0.493 e. The molecule has 2 N–H and O–H groups in total. The average Bonchev–Trinajstić information content (AvgIpc) is 2.61. The molecule has 2 unspecified atom stereocenters. The number of nitrogens with two attached hydrogens (primary N) is 1. The van der Waals surface area contributed by atoms with Crippen LogP contribution in [0.5, 0.6) is 5.75 Å². The maximum absolute atomic E-state index is 12.1. The zero-order valence-electron chi connectivity index (χ0n) is 9.34. The number of aliphatic imine (C=N–C) groups is 1. The van der Waals surface area contributed by atoms with E-state index in [0.717, 1.165) is 0 Å². The molecule has 1 aromatic carbocycles. The van der Waals surface area contributed by atoms with E-state index in [1.54, 1.807) is 0 Å². The number of nitrogens with zero attached hydrogens (tertiary/aromatic N) is 1. The quantitative estimate of drug-likeness (QED) is 0.717. The van der Waals surface area contributed by atoms with Crippen LogP contribution >= 0.6 is 0 Å². The van der Waals surface area contributed by atoms with Gasteiger partial charge in [0.25, 0.3) is 11.9 Å². The molecular weight excluding hydrogens is 220 g/mol. The highest BCUT2D eigenvalue weighted by atomic mass is 16.5. The van der Waals surface area contributed by atoms with Gasteiger partial charge in [0.05, 0.1) is 6.61 Å². The molecule has 3 rings (SSSR count). The van der Waals surface area contributed by atoms with Gasteiger partial charge in [0, 0.05) is 11.5 Å². The zero-order valence-corrected chi connectivity index (χ0v) is 9.34. The van der Waals surface area contributed by atoms with Crippen molar-refractivity contribution >= 4 is 11.9 Å². The molecule has 2 atom stereocenters. The van der Waals surface area contributed by atoms with Crippen molar-refractivity contribution < 1.29 is 14.3 Å². The summed E-state index contributed by atoms with van der Waals surface area (Å²) >= 11 is 0. The summed E-state index contributed by atoms with van der Waals surface area (Å²) in [5, 5.41) is 0. The standard InChI is InChI=1S/C12H12N2O3/c1-7-6-16-9-5-3-2-4-8(9)12(7)10(15)14-11(13)17-12/h2-5,7H,6H2,1H3,(H2,13,14,15). The van der Waals surface area contributed by atoms with Crippen molar-refractivity contribution in [3.63, 3.8) is 0 Å². The van der Waals surface area contributed by atoms with Crippen molar-refractivity contribution in [2.45, 2.75) is 12.5 Å². The Kier molecular flexibility index (Phi) is 1.92. The van der Waals surface area contributed by atoms with E-state index in [2.05, 4.69) is 4.99 Å². The Hall–Kier alpha value is -2.04. The molecule has 17 heavy (non-hydrogen) atoms. The third kappa shape index (κ3) is 1.19. The molecule has 1 amide bonds. The average molecular weight is 232 g/mol. The Labute approximate surface area is 98.2 Å². The second-order valence-corrected chi connectivity index (χ2v) is 4.30. The van der Waals surface area contributed by atoms with Crippen molar-refractivity contribution in [3.05, 3.63) is 29.8 Å². The number of hydrogen-bond donors (Lipinski definition) is 1. The predicted molar refractivity (Wildman–Crippen MR) is 60.5 cm³/mol. The lowest BCUT2D eigenvalue weighted by atomic mass is 9.80. The third-order valence-electron chi connectivity index (χ3n) is 3.27. The van der Waals surface area contributed by atoms with E-state index in [0.29, 0.717) is 17.9 Å². The van der Waals surface area contributed by atoms with E-state index in [9.17, 15) is 4.79 Å². The maximum atomic E-state index is 12.1. The van der Waals surface area contributed by atoms with Gasteiger partial charge in [-0.3, -0.25) is 4.79 Å². The van der Waals surface area contributed by atoms with Gasteiger partial charge in [-0.2, -0.15) is 4.99 Å². The van der Waals surface area contributed by atoms with Crippen LogP contribution < -0.4 is 10.5 Å². The monoisotopic (exact) mass is 232 g/mol. The highest BCUT2D eigenvalue weighted by Crippen LogP contribution is 2.45. The van der Waals surface area contributed by atoms with E-state index < -0.39 is 5.60 Å². The predicted octanol–water partition coefficient (Wildman–Crippen LogP) is 0.782. The molecule has 5 nitrogen and oxygen atoms in total. The Bertz CT molecular complexity index is 526. The molecule has 0 fully saturated rings. The summed E-state index contributed by atoms with van der Waals surface area (Å²) in [6.07, 6.45) is 0. The molecule has 0 saturated carbocycles. The van der Waals surface area contributed by atoms with Gasteiger partial charge < -0.3 is 15.2 Å². The molecule has 0 aromatic heterocycles. The van der Waals surface area contributed by atoms with E-state index in [4.69, 9.17) is 15.2 Å². The molecule has 88 valence electrons. The summed E-state index contributed by atoms with van der Waals surface area (Å²) in [6, 6.07) is 7.25. The Morgan fingerprint density at radius 1 is 1.47 bits per heavy atom. The molecule has 0 aliphatic carbocycles. The van der Waals surface area contributed by atoms with Crippen LogP contribution in [0.15, 0.2) is 29.3 Å². The second-order valence-electron chi connectivity index (χ2n) is 4.30. The van der Waals surface area contributed by atoms with Gasteiger partial charge in [-0.25, -0.2) is 0 Å². The number of fused-ring (bicyclic) bond motifs is 2. The highest BCUT2D eigenvalue weighted by Gasteiger charge is 2.55. The molecule has 1 aromatic rings. The van der Waals surface area contributed by atoms with Crippen LogP contribution in [0.2, 0.25) is 0 Å². The molecule has 5 heteroatoms. The molecule has 2 aliphatic rings. The first kappa shape index (κ1) is 10.1. The molecule has 1 spiro atoms. The third-order valence-corrected chi connectivity index (χ3v) is 3.27. The minimum absolute atomic E-state index is 0.0708. The van der Waals surface area contributed by atoms with Crippen molar-refractivity contribution in [3.8, 4) is 5.75 Å². The topological polar surface area (TPSA) is 73.9 Å². The van der Waals surface area contributed by atoms with E-state index in [1.807, 2.05) is 31.2 Å². The fourth-order valence-corrected chi connectivity index (χ4v) is 2.39. The number of carbonyl (C=O) groups excluding carboxylic acids is 1. The summed E-state index contributed by atoms with van der Waals surface area (Å²) < 4.78 is 11.1. The number of para-hydroxylation sites is 1. The molecular formula is C12H12N2O3. The van der Waals surface area contributed by atoms with Gasteiger partial charge >= 0.3 is 0 Å². The lowest BCUT2D eigenvalue weighted by molar-refractivity contribution is -0.139. The molecule has 0 bridgehead atoms. The molecule has 2 heterocycles. The minimum atomic E-state index is -1.10. The van der Waals surface area contributed by atoms with E-state index in [-0.39, 0.29) is 17.8 Å². The van der Waals surface area contributed by atoms with Gasteiger partial charge in [-0.1, -0.05) is 25.1 Å². The van der Waals surface area contributed by atoms with Crippen molar-refractivity contribution in [1.82, 2.24) is 0 Å². The van der Waals surface area contributed by atoms with Crippen molar-refractivity contribution in [2.24, 2.45) is 16.6 Å². The van der Waals surface area contributed by atoms with Gasteiger partial charge in [0.1, 0.15) is 5.75 Å². The lowest BCUT2D eigenvalue weighted by Gasteiger charge is -2.37. The first-order valence-corrected chi connectivity index (χ1v) is 5.44. The summed E-state index contributed by atoms with van der Waals surface area (Å²) in [6.45, 7) is 2.30. The number of hydrogen-bond acceptors (Lipinski definition) is 4. The summed E-state index contributed by atoms with van der Waals surface area (Å²) in [5.41, 5.74) is 5.12. The van der Waals surface area contributed by atoms with Crippen molar-refractivity contribution in [1.29, 1.82) is 0 Å². The van der Waals surface area contributed by atoms with Crippen LogP contribution in [0.25, 0.3) is 0 Å². The van der Waals surface area contributed by atoms with E-state index in [1.165, 1.54) is 0 Å². The summed E-state index contributed by atoms with van der Waals surface area (Å²) in [4.78, 5) is 15.8. The zero-order chi connectivity index (χ0) is 12.0. The van der Waals surface area contributed by atoms with E-state index >= 15 is 0 Å². The van der Waals surface area contributed by atoms with Crippen LogP contribution in [0.1, 0.15) is 12.5 Å². The minimum Gasteiger partial charge on any atom is -0.493 e. The number of ether oxygens (including phenoxy) is 2. The van der Waals surface area contributed by atoms with Gasteiger partial charge in [-0.05, 0) is 6.07 Å². The van der Waals surface area contributed by atoms with Crippen LogP contribution in [-0.4, -0.2) is 18.5 Å². The maximum Gasteiger partial charge on any atom is 0.299 e. The number of carbonyl (C=O) groups is 1. The van der Waals surface area contributed by atoms with Gasteiger partial charge in [-0.15, -0.1) is 0 Å². The smallest absolute Gasteiger partial charge is 0.299 e. The van der Waals surface area contributed by atoms with Crippen LogP contribution in [-0.2, 0) is 15.1 Å². The first-order chi connectivity index (χ1) is 8.14. The number of amides is 1. The van der Waals surface area contributed by atoms with Crippen LogP contribution in [0.4, 0.5) is 0 Å². The fraction of sp³-hybridized carbons (Fsp3) is 0.333.